The number of hydrogen-bond donors (Lipinski definition) is 2. The standard InChI is InChI=1S/C30H32F3N11O/c31-30(32,33)28-40-21(16-36-20-2-1-3-20)12-24(41-28)27(45)43-10-8-42(9-11-43)22-13-29(14-22,5-6-34)44-17-19(15-39-44)25-23-4-7-35-26(23)38-18-37-25/h4,7,12,15,17-18,20,22,36H,1-3,5,8-11,13-14,16H2,(H,35,37,38)/t22-,29-. The number of hydrogen-bond acceptors (Lipinski definition) is 9. The molecular weight excluding hydrogens is 587 g/mol. The minimum Gasteiger partial charge on any atom is -0.346 e. The summed E-state index contributed by atoms with van der Waals surface area (Å²) in [5.41, 5.74) is 1.83. The molecule has 7 rings (SSSR count). The molecule has 0 atom stereocenters. The summed E-state index contributed by atoms with van der Waals surface area (Å²) in [6.07, 6.45) is 7.07. The molecule has 15 heteroatoms. The molecule has 3 aliphatic rings. The second-order valence-electron chi connectivity index (χ2n) is 12.2. The second-order valence-corrected chi connectivity index (χ2v) is 12.2. The Kier molecular flexibility index (Phi) is 7.49. The minimum atomic E-state index is -4.75. The zero-order valence-corrected chi connectivity index (χ0v) is 24.5. The third-order valence-electron chi connectivity index (χ3n) is 9.38. The molecule has 234 valence electrons. The first-order chi connectivity index (χ1) is 21.7. The van der Waals surface area contributed by atoms with Gasteiger partial charge in [-0.15, -0.1) is 0 Å². The smallest absolute Gasteiger partial charge is 0.346 e. The predicted molar refractivity (Wildman–Crippen MR) is 155 cm³/mol. The number of halogens is 3. The van der Waals surface area contributed by atoms with Crippen molar-refractivity contribution in [2.75, 3.05) is 26.2 Å². The van der Waals surface area contributed by atoms with Gasteiger partial charge in [-0.1, -0.05) is 6.42 Å². The van der Waals surface area contributed by atoms with Crippen LogP contribution in [0.3, 0.4) is 0 Å². The molecule has 3 fully saturated rings. The molecule has 5 heterocycles. The Morgan fingerprint density at radius 2 is 1.96 bits per heavy atom. The number of rotatable bonds is 8. The number of amides is 1. The van der Waals surface area contributed by atoms with Gasteiger partial charge in [0.15, 0.2) is 0 Å². The minimum absolute atomic E-state index is 0.156. The average molecular weight is 620 g/mol. The number of alkyl halides is 3. The molecule has 2 saturated carbocycles. The first kappa shape index (κ1) is 29.3. The molecule has 1 aliphatic heterocycles. The van der Waals surface area contributed by atoms with Crippen LogP contribution in [0.4, 0.5) is 13.2 Å². The van der Waals surface area contributed by atoms with Crippen molar-refractivity contribution < 1.29 is 18.0 Å². The van der Waals surface area contributed by atoms with Gasteiger partial charge in [0.2, 0.25) is 5.82 Å². The summed E-state index contributed by atoms with van der Waals surface area (Å²) in [5.74, 6) is -1.81. The van der Waals surface area contributed by atoms with Gasteiger partial charge in [-0.25, -0.2) is 19.9 Å². The van der Waals surface area contributed by atoms with Gasteiger partial charge in [0, 0.05) is 68.2 Å². The van der Waals surface area contributed by atoms with E-state index in [-0.39, 0.29) is 30.0 Å². The van der Waals surface area contributed by atoms with E-state index in [0.29, 0.717) is 32.6 Å². The summed E-state index contributed by atoms with van der Waals surface area (Å²) < 4.78 is 42.6. The maximum absolute atomic E-state index is 13.6. The quantitative estimate of drug-likeness (QED) is 0.303. The fourth-order valence-electron chi connectivity index (χ4n) is 6.58. The molecule has 4 aromatic rings. The van der Waals surface area contributed by atoms with Crippen molar-refractivity contribution in [2.24, 2.45) is 0 Å². The lowest BCUT2D eigenvalue weighted by molar-refractivity contribution is -0.145. The van der Waals surface area contributed by atoms with Crippen molar-refractivity contribution in [3.05, 3.63) is 54.3 Å². The van der Waals surface area contributed by atoms with Crippen LogP contribution in [0, 0.1) is 11.3 Å². The lowest BCUT2D eigenvalue weighted by Crippen LogP contribution is -2.60. The molecule has 2 N–H and O–H groups in total. The molecule has 45 heavy (non-hydrogen) atoms. The number of nitrogens with one attached hydrogen (secondary N) is 2. The van der Waals surface area contributed by atoms with Crippen molar-refractivity contribution in [2.45, 2.75) is 68.9 Å². The second kappa shape index (κ2) is 11.5. The van der Waals surface area contributed by atoms with Gasteiger partial charge in [0.25, 0.3) is 5.91 Å². The summed E-state index contributed by atoms with van der Waals surface area (Å²) in [5, 5.41) is 18.4. The van der Waals surface area contributed by atoms with Crippen LogP contribution in [0.25, 0.3) is 22.3 Å². The zero-order chi connectivity index (χ0) is 31.2. The van der Waals surface area contributed by atoms with Crippen LogP contribution in [0.15, 0.2) is 37.1 Å². The van der Waals surface area contributed by atoms with E-state index in [0.717, 1.165) is 54.4 Å². The third kappa shape index (κ3) is 5.64. The molecule has 0 radical (unpaired) electrons. The van der Waals surface area contributed by atoms with Crippen molar-refractivity contribution in [1.82, 2.24) is 49.8 Å². The molecule has 0 aromatic carbocycles. The topological polar surface area (TPSA) is 145 Å². The van der Waals surface area contributed by atoms with Crippen LogP contribution in [-0.4, -0.2) is 88.7 Å². The lowest BCUT2D eigenvalue weighted by atomic mass is 9.70. The normalized spacial score (nSPS) is 22.6. The van der Waals surface area contributed by atoms with E-state index in [1.807, 2.05) is 23.1 Å². The molecule has 4 aromatic heterocycles. The van der Waals surface area contributed by atoms with E-state index < -0.39 is 23.4 Å². The number of carbonyl (C=O) groups is 1. The number of H-pyrrole nitrogens is 1. The van der Waals surface area contributed by atoms with E-state index in [1.54, 1.807) is 11.1 Å². The van der Waals surface area contributed by atoms with Gasteiger partial charge in [-0.05, 0) is 37.8 Å². The van der Waals surface area contributed by atoms with Crippen molar-refractivity contribution >= 4 is 16.9 Å². The van der Waals surface area contributed by atoms with E-state index in [1.165, 1.54) is 12.4 Å². The number of carbonyl (C=O) groups excluding carboxylic acids is 1. The molecule has 0 spiro atoms. The number of aromatic nitrogens is 7. The Morgan fingerprint density at radius 1 is 1.16 bits per heavy atom. The first-order valence-electron chi connectivity index (χ1n) is 15.1. The van der Waals surface area contributed by atoms with Crippen LogP contribution in [0.2, 0.25) is 0 Å². The fraction of sp³-hybridized carbons (Fsp3) is 0.500. The highest BCUT2D eigenvalue weighted by atomic mass is 19.4. The van der Waals surface area contributed by atoms with E-state index in [9.17, 15) is 23.2 Å². The largest absolute Gasteiger partial charge is 0.451 e. The number of nitrogens with zero attached hydrogens (tertiary/aromatic N) is 9. The molecule has 12 nitrogen and oxygen atoms in total. The highest BCUT2D eigenvalue weighted by molar-refractivity contribution is 5.92. The summed E-state index contributed by atoms with van der Waals surface area (Å²) in [4.78, 5) is 36.3. The number of piperazine rings is 1. The number of nitriles is 1. The Labute approximate surface area is 256 Å². The van der Waals surface area contributed by atoms with Crippen molar-refractivity contribution in [1.29, 1.82) is 5.26 Å². The Balaban J connectivity index is 0.998. The highest BCUT2D eigenvalue weighted by Gasteiger charge is 2.49. The molecule has 0 unspecified atom stereocenters. The first-order valence-corrected chi connectivity index (χ1v) is 15.1. The van der Waals surface area contributed by atoms with Crippen LogP contribution in [0.1, 0.15) is 60.5 Å². The summed E-state index contributed by atoms with van der Waals surface area (Å²) in [7, 11) is 0. The van der Waals surface area contributed by atoms with Crippen LogP contribution >= 0.6 is 0 Å². The van der Waals surface area contributed by atoms with Crippen molar-refractivity contribution in [3.63, 3.8) is 0 Å². The van der Waals surface area contributed by atoms with Gasteiger partial charge < -0.3 is 15.2 Å². The summed E-state index contributed by atoms with van der Waals surface area (Å²) in [6, 6.07) is 6.08. The van der Waals surface area contributed by atoms with Gasteiger partial charge in [0.05, 0.1) is 35.6 Å². The number of fused-ring (bicyclic) bond motifs is 1. The Bertz CT molecular complexity index is 1740. The fourth-order valence-corrected chi connectivity index (χ4v) is 6.58. The molecule has 1 amide bonds. The molecular formula is C30H32F3N11O. The Morgan fingerprint density at radius 3 is 2.67 bits per heavy atom. The zero-order valence-electron chi connectivity index (χ0n) is 24.5. The highest BCUT2D eigenvalue weighted by Crippen LogP contribution is 2.45. The SMILES string of the molecule is N#CC[C@]1(n2cc(-c3ncnc4[nH]ccc34)cn2)C[C@H](N2CCN(C(=O)c3cc(CNC4CCC4)nc(C(F)(F)F)n3)CC2)C1. The van der Waals surface area contributed by atoms with E-state index >= 15 is 0 Å². The van der Waals surface area contributed by atoms with Crippen LogP contribution in [0.5, 0.6) is 0 Å². The maximum atomic E-state index is 13.6. The summed E-state index contributed by atoms with van der Waals surface area (Å²) in [6.45, 7) is 2.04. The van der Waals surface area contributed by atoms with Gasteiger partial charge in [0.1, 0.15) is 17.7 Å². The van der Waals surface area contributed by atoms with Crippen molar-refractivity contribution in [3.8, 4) is 17.3 Å². The van der Waals surface area contributed by atoms with E-state index in [4.69, 9.17) is 0 Å². The van der Waals surface area contributed by atoms with E-state index in [2.05, 4.69) is 46.3 Å². The molecule has 1 saturated heterocycles. The van der Waals surface area contributed by atoms with Gasteiger partial charge in [-0.3, -0.25) is 14.4 Å². The Hall–Kier alpha value is -4.42. The molecule has 0 bridgehead atoms. The average Bonchev–Trinajstić information content (AvgIpc) is 3.68. The van der Waals surface area contributed by atoms with Gasteiger partial charge >= 0.3 is 6.18 Å². The van der Waals surface area contributed by atoms with Gasteiger partial charge in [-0.2, -0.15) is 23.5 Å². The monoisotopic (exact) mass is 619 g/mol. The molecule has 2 aliphatic carbocycles. The summed E-state index contributed by atoms with van der Waals surface area (Å²) >= 11 is 0. The third-order valence-corrected chi connectivity index (χ3v) is 9.38. The maximum Gasteiger partial charge on any atom is 0.451 e. The lowest BCUT2D eigenvalue weighted by Gasteiger charge is -2.52. The predicted octanol–water partition coefficient (Wildman–Crippen LogP) is 3.50. The van der Waals surface area contributed by atoms with Crippen LogP contribution < -0.4 is 5.32 Å². The van der Waals surface area contributed by atoms with Crippen LogP contribution in [-0.2, 0) is 18.3 Å². The number of aromatic amines is 1.